The van der Waals surface area contributed by atoms with Crippen molar-refractivity contribution in [2.75, 3.05) is 0 Å². The third-order valence-corrected chi connectivity index (χ3v) is 3.39. The second-order valence-electron chi connectivity index (χ2n) is 5.51. The molecule has 0 bridgehead atoms. The SMILES string of the molecule is CC1(C)CC(I)CC(C)(C)C1. The Hall–Kier alpha value is 0.730. The van der Waals surface area contributed by atoms with Gasteiger partial charge in [0.25, 0.3) is 0 Å². The van der Waals surface area contributed by atoms with Gasteiger partial charge < -0.3 is 0 Å². The molecular formula is C10H19I. The summed E-state index contributed by atoms with van der Waals surface area (Å²) in [7, 11) is 0. The summed E-state index contributed by atoms with van der Waals surface area (Å²) in [4.78, 5) is 0. The van der Waals surface area contributed by atoms with Crippen LogP contribution in [0.2, 0.25) is 0 Å². The van der Waals surface area contributed by atoms with Crippen LogP contribution in [0.4, 0.5) is 0 Å². The van der Waals surface area contributed by atoms with Gasteiger partial charge in [0, 0.05) is 3.92 Å². The van der Waals surface area contributed by atoms with Crippen molar-refractivity contribution in [2.24, 2.45) is 10.8 Å². The van der Waals surface area contributed by atoms with Gasteiger partial charge in [-0.15, -0.1) is 0 Å². The molecular weight excluding hydrogens is 247 g/mol. The Labute approximate surface area is 84.3 Å². The van der Waals surface area contributed by atoms with E-state index in [1.54, 1.807) is 0 Å². The van der Waals surface area contributed by atoms with Crippen LogP contribution in [0.15, 0.2) is 0 Å². The highest BCUT2D eigenvalue weighted by atomic mass is 127. The van der Waals surface area contributed by atoms with Crippen molar-refractivity contribution in [1.82, 2.24) is 0 Å². The van der Waals surface area contributed by atoms with Crippen LogP contribution in [0.3, 0.4) is 0 Å². The zero-order valence-corrected chi connectivity index (χ0v) is 10.2. The van der Waals surface area contributed by atoms with Crippen molar-refractivity contribution in [1.29, 1.82) is 0 Å². The average molecular weight is 266 g/mol. The molecule has 11 heavy (non-hydrogen) atoms. The van der Waals surface area contributed by atoms with E-state index in [9.17, 15) is 0 Å². The van der Waals surface area contributed by atoms with Crippen LogP contribution < -0.4 is 0 Å². The molecule has 0 aliphatic heterocycles. The van der Waals surface area contributed by atoms with E-state index in [0.717, 1.165) is 3.92 Å². The van der Waals surface area contributed by atoms with Crippen LogP contribution in [0, 0.1) is 10.8 Å². The Morgan fingerprint density at radius 2 is 1.36 bits per heavy atom. The highest BCUT2D eigenvalue weighted by Gasteiger charge is 2.37. The lowest BCUT2D eigenvalue weighted by Gasteiger charge is -2.43. The fourth-order valence-corrected chi connectivity index (χ4v) is 5.10. The maximum Gasteiger partial charge on any atom is 0.0120 e. The van der Waals surface area contributed by atoms with Crippen molar-refractivity contribution in [3.63, 3.8) is 0 Å². The van der Waals surface area contributed by atoms with Crippen LogP contribution in [0.25, 0.3) is 0 Å². The molecule has 1 aliphatic rings. The molecule has 1 rings (SSSR count). The quantitative estimate of drug-likeness (QED) is 0.458. The number of hydrogen-bond acceptors (Lipinski definition) is 0. The summed E-state index contributed by atoms with van der Waals surface area (Å²) >= 11 is 2.61. The molecule has 0 radical (unpaired) electrons. The average Bonchev–Trinajstić information content (AvgIpc) is 1.49. The standard InChI is InChI=1S/C10H19I/c1-9(2)5-8(11)6-10(3,4)7-9/h8H,5-7H2,1-4H3. The van der Waals surface area contributed by atoms with Crippen molar-refractivity contribution in [2.45, 2.75) is 50.9 Å². The van der Waals surface area contributed by atoms with E-state index >= 15 is 0 Å². The lowest BCUT2D eigenvalue weighted by atomic mass is 9.65. The van der Waals surface area contributed by atoms with Gasteiger partial charge in [0.15, 0.2) is 0 Å². The van der Waals surface area contributed by atoms with E-state index in [0.29, 0.717) is 10.8 Å². The first kappa shape index (κ1) is 9.82. The first-order valence-corrected chi connectivity index (χ1v) is 5.69. The largest absolute Gasteiger partial charge is 0.0826 e. The topological polar surface area (TPSA) is 0 Å². The molecule has 1 fully saturated rings. The second kappa shape index (κ2) is 2.90. The van der Waals surface area contributed by atoms with Crippen molar-refractivity contribution in [3.05, 3.63) is 0 Å². The number of alkyl halides is 1. The van der Waals surface area contributed by atoms with E-state index in [4.69, 9.17) is 0 Å². The first-order chi connectivity index (χ1) is 4.81. The molecule has 0 aromatic rings. The molecule has 0 aromatic carbocycles. The molecule has 1 heteroatoms. The van der Waals surface area contributed by atoms with Gasteiger partial charge in [-0.05, 0) is 30.1 Å². The molecule has 0 spiro atoms. The normalized spacial score (nSPS) is 30.3. The Morgan fingerprint density at radius 3 is 1.64 bits per heavy atom. The van der Waals surface area contributed by atoms with Gasteiger partial charge in [0.05, 0.1) is 0 Å². The summed E-state index contributed by atoms with van der Waals surface area (Å²) in [5.74, 6) is 0. The minimum Gasteiger partial charge on any atom is -0.0826 e. The molecule has 0 unspecified atom stereocenters. The van der Waals surface area contributed by atoms with Gasteiger partial charge in [0.1, 0.15) is 0 Å². The smallest absolute Gasteiger partial charge is 0.0120 e. The zero-order valence-electron chi connectivity index (χ0n) is 8.08. The highest BCUT2D eigenvalue weighted by molar-refractivity contribution is 14.1. The lowest BCUT2D eigenvalue weighted by molar-refractivity contribution is 0.125. The Bertz CT molecular complexity index is 131. The van der Waals surface area contributed by atoms with Crippen LogP contribution in [0.1, 0.15) is 47.0 Å². The van der Waals surface area contributed by atoms with E-state index in [1.807, 2.05) is 0 Å². The molecule has 1 saturated carbocycles. The minimum absolute atomic E-state index is 0.577. The number of halogens is 1. The van der Waals surface area contributed by atoms with Crippen LogP contribution in [-0.4, -0.2) is 3.92 Å². The van der Waals surface area contributed by atoms with Crippen molar-refractivity contribution in [3.8, 4) is 0 Å². The summed E-state index contributed by atoms with van der Waals surface area (Å²) in [5.41, 5.74) is 1.15. The fourth-order valence-electron chi connectivity index (χ4n) is 2.71. The van der Waals surface area contributed by atoms with E-state index < -0.39 is 0 Å². The third kappa shape index (κ3) is 2.92. The van der Waals surface area contributed by atoms with Gasteiger partial charge in [-0.1, -0.05) is 50.3 Å². The predicted octanol–water partition coefficient (Wildman–Crippen LogP) is 4.03. The van der Waals surface area contributed by atoms with E-state index in [1.165, 1.54) is 19.3 Å². The highest BCUT2D eigenvalue weighted by Crippen LogP contribution is 2.47. The van der Waals surface area contributed by atoms with E-state index in [2.05, 4.69) is 50.3 Å². The van der Waals surface area contributed by atoms with Crippen molar-refractivity contribution >= 4 is 22.6 Å². The van der Waals surface area contributed by atoms with Gasteiger partial charge >= 0.3 is 0 Å². The fraction of sp³-hybridized carbons (Fsp3) is 1.00. The number of hydrogen-bond donors (Lipinski definition) is 0. The third-order valence-electron chi connectivity index (χ3n) is 2.51. The molecule has 0 amide bonds. The van der Waals surface area contributed by atoms with Gasteiger partial charge in [-0.2, -0.15) is 0 Å². The Kier molecular flexibility index (Phi) is 2.58. The van der Waals surface area contributed by atoms with Gasteiger partial charge in [-0.25, -0.2) is 0 Å². The predicted molar refractivity (Wildman–Crippen MR) is 59.2 cm³/mol. The number of rotatable bonds is 0. The lowest BCUT2D eigenvalue weighted by Crippen LogP contribution is -2.33. The van der Waals surface area contributed by atoms with Crippen LogP contribution in [-0.2, 0) is 0 Å². The Morgan fingerprint density at radius 1 is 1.00 bits per heavy atom. The van der Waals surface area contributed by atoms with Gasteiger partial charge in [0.2, 0.25) is 0 Å². The van der Waals surface area contributed by atoms with Crippen molar-refractivity contribution < 1.29 is 0 Å². The summed E-state index contributed by atoms with van der Waals surface area (Å²) in [5, 5.41) is 0. The molecule has 0 heterocycles. The Balaban J connectivity index is 2.66. The summed E-state index contributed by atoms with van der Waals surface area (Å²) in [6.45, 7) is 9.61. The monoisotopic (exact) mass is 266 g/mol. The first-order valence-electron chi connectivity index (χ1n) is 4.45. The molecule has 0 atom stereocenters. The summed E-state index contributed by atoms with van der Waals surface area (Å²) in [6, 6.07) is 0. The summed E-state index contributed by atoms with van der Waals surface area (Å²) in [6.07, 6.45) is 4.19. The molecule has 0 aromatic heterocycles. The molecule has 66 valence electrons. The zero-order chi connectivity index (χ0) is 8.70. The molecule has 1 aliphatic carbocycles. The van der Waals surface area contributed by atoms with Gasteiger partial charge in [-0.3, -0.25) is 0 Å². The minimum atomic E-state index is 0.577. The molecule has 0 saturated heterocycles. The van der Waals surface area contributed by atoms with E-state index in [-0.39, 0.29) is 0 Å². The molecule has 0 nitrogen and oxygen atoms in total. The maximum absolute atomic E-state index is 2.61. The molecule has 0 N–H and O–H groups in total. The maximum atomic E-state index is 2.61. The van der Waals surface area contributed by atoms with Crippen LogP contribution >= 0.6 is 22.6 Å². The summed E-state index contributed by atoms with van der Waals surface area (Å²) < 4.78 is 0.895. The second-order valence-corrected chi connectivity index (χ2v) is 7.27. The van der Waals surface area contributed by atoms with Crippen LogP contribution in [0.5, 0.6) is 0 Å².